The van der Waals surface area contributed by atoms with E-state index in [-0.39, 0.29) is 11.8 Å². The van der Waals surface area contributed by atoms with E-state index in [0.717, 1.165) is 0 Å². The Bertz CT molecular complexity index is 419. The molecule has 0 aliphatic heterocycles. The highest BCUT2D eigenvalue weighted by Crippen LogP contribution is 2.20. The summed E-state index contributed by atoms with van der Waals surface area (Å²) in [5.41, 5.74) is 0.423. The molecule has 0 fully saturated rings. The molecule has 1 aromatic rings. The second kappa shape index (κ2) is 5.46. The van der Waals surface area contributed by atoms with Crippen molar-refractivity contribution >= 4 is 23.5 Å². The van der Waals surface area contributed by atoms with Gasteiger partial charge in [-0.25, -0.2) is 0 Å². The molecule has 0 heterocycles. The van der Waals surface area contributed by atoms with E-state index >= 15 is 0 Å². The summed E-state index contributed by atoms with van der Waals surface area (Å²) in [4.78, 5) is 15.0. The van der Waals surface area contributed by atoms with Crippen LogP contribution in [0.4, 0.5) is 5.69 Å². The highest BCUT2D eigenvalue weighted by Gasteiger charge is 2.08. The predicted octanol–water partition coefficient (Wildman–Crippen LogP) is 3.01. The number of halogens is 1. The van der Waals surface area contributed by atoms with Gasteiger partial charge in [0.25, 0.3) is 5.69 Å². The van der Waals surface area contributed by atoms with Gasteiger partial charge in [0, 0.05) is 22.7 Å². The number of nitro groups is 1. The Balaban J connectivity index is 2.90. The van der Waals surface area contributed by atoms with Gasteiger partial charge in [-0.3, -0.25) is 10.1 Å². The second-order valence-electron chi connectivity index (χ2n) is 3.35. The first kappa shape index (κ1) is 12.4. The highest BCUT2D eigenvalue weighted by molar-refractivity contribution is 6.33. The van der Waals surface area contributed by atoms with Crippen LogP contribution in [0.3, 0.4) is 0 Å². The summed E-state index contributed by atoms with van der Waals surface area (Å²) in [7, 11) is 0. The van der Waals surface area contributed by atoms with Gasteiger partial charge in [-0.1, -0.05) is 16.8 Å². The molecule has 1 aromatic carbocycles. The molecule has 0 N–H and O–H groups in total. The van der Waals surface area contributed by atoms with E-state index in [1.807, 2.05) is 13.8 Å². The number of nitro benzene ring substituents is 1. The molecular formula is C10H11ClN2O3. The standard InChI is InChI=1S/C10H11ClN2O3/c1-7(2)16-12-6-8-5-9(13(14)15)3-4-10(8)11/h3-7H,1-2H3. The maximum absolute atomic E-state index is 10.5. The Morgan fingerprint density at radius 1 is 1.56 bits per heavy atom. The predicted molar refractivity (Wildman–Crippen MR) is 61.9 cm³/mol. The van der Waals surface area contributed by atoms with Gasteiger partial charge in [0.05, 0.1) is 11.1 Å². The monoisotopic (exact) mass is 242 g/mol. The van der Waals surface area contributed by atoms with Crippen molar-refractivity contribution in [3.05, 3.63) is 38.9 Å². The highest BCUT2D eigenvalue weighted by atomic mass is 35.5. The molecule has 0 aliphatic rings. The van der Waals surface area contributed by atoms with Gasteiger partial charge in [-0.05, 0) is 19.9 Å². The van der Waals surface area contributed by atoms with Crippen molar-refractivity contribution in [1.82, 2.24) is 0 Å². The zero-order valence-electron chi connectivity index (χ0n) is 8.88. The molecule has 0 aromatic heterocycles. The van der Waals surface area contributed by atoms with Gasteiger partial charge in [-0.2, -0.15) is 0 Å². The van der Waals surface area contributed by atoms with E-state index in [1.165, 1.54) is 24.4 Å². The third kappa shape index (κ3) is 3.51. The lowest BCUT2D eigenvalue weighted by molar-refractivity contribution is -0.384. The summed E-state index contributed by atoms with van der Waals surface area (Å²) >= 11 is 5.85. The topological polar surface area (TPSA) is 64.7 Å². The van der Waals surface area contributed by atoms with Crippen LogP contribution in [0, 0.1) is 10.1 Å². The molecule has 0 saturated carbocycles. The van der Waals surface area contributed by atoms with Crippen molar-refractivity contribution in [3.63, 3.8) is 0 Å². The van der Waals surface area contributed by atoms with E-state index < -0.39 is 4.92 Å². The fourth-order valence-electron chi connectivity index (χ4n) is 0.953. The normalized spacial score (nSPS) is 11.0. The van der Waals surface area contributed by atoms with E-state index in [9.17, 15) is 10.1 Å². The number of oxime groups is 1. The Kier molecular flexibility index (Phi) is 4.25. The van der Waals surface area contributed by atoms with Crippen LogP contribution in [-0.2, 0) is 4.84 Å². The molecule has 0 spiro atoms. The van der Waals surface area contributed by atoms with Crippen LogP contribution in [0.2, 0.25) is 5.02 Å². The van der Waals surface area contributed by atoms with Gasteiger partial charge in [0.15, 0.2) is 0 Å². The van der Waals surface area contributed by atoms with Crippen LogP contribution < -0.4 is 0 Å². The Morgan fingerprint density at radius 3 is 2.81 bits per heavy atom. The Labute approximate surface area is 97.8 Å². The third-order valence-corrected chi connectivity index (χ3v) is 2.00. The summed E-state index contributed by atoms with van der Waals surface area (Å²) in [6, 6.07) is 4.13. The van der Waals surface area contributed by atoms with Crippen molar-refractivity contribution in [2.75, 3.05) is 0 Å². The molecule has 6 heteroatoms. The molecule has 1 rings (SSSR count). The van der Waals surface area contributed by atoms with E-state index in [4.69, 9.17) is 16.4 Å². The van der Waals surface area contributed by atoms with Crippen molar-refractivity contribution in [2.24, 2.45) is 5.16 Å². The molecular weight excluding hydrogens is 232 g/mol. The largest absolute Gasteiger partial charge is 0.393 e. The molecule has 16 heavy (non-hydrogen) atoms. The maximum Gasteiger partial charge on any atom is 0.270 e. The molecule has 0 atom stereocenters. The van der Waals surface area contributed by atoms with Crippen LogP contribution in [0.5, 0.6) is 0 Å². The Morgan fingerprint density at radius 2 is 2.25 bits per heavy atom. The summed E-state index contributed by atoms with van der Waals surface area (Å²) in [5.74, 6) is 0. The molecule has 0 radical (unpaired) electrons. The lowest BCUT2D eigenvalue weighted by atomic mass is 10.2. The summed E-state index contributed by atoms with van der Waals surface area (Å²) in [6.45, 7) is 3.65. The minimum Gasteiger partial charge on any atom is -0.393 e. The fraction of sp³-hybridized carbons (Fsp3) is 0.300. The van der Waals surface area contributed by atoms with Crippen LogP contribution in [0.1, 0.15) is 19.4 Å². The number of nitrogens with zero attached hydrogens (tertiary/aromatic N) is 2. The smallest absolute Gasteiger partial charge is 0.270 e. The summed E-state index contributed by atoms with van der Waals surface area (Å²) in [5, 5.41) is 14.6. The molecule has 0 aliphatic carbocycles. The Hall–Kier alpha value is -1.62. The number of benzene rings is 1. The van der Waals surface area contributed by atoms with Gasteiger partial charge >= 0.3 is 0 Å². The zero-order valence-corrected chi connectivity index (χ0v) is 9.64. The van der Waals surface area contributed by atoms with Crippen molar-refractivity contribution in [2.45, 2.75) is 20.0 Å². The van der Waals surface area contributed by atoms with Crippen LogP contribution in [-0.4, -0.2) is 17.2 Å². The first-order valence-corrected chi connectivity index (χ1v) is 5.01. The average Bonchev–Trinajstić information content (AvgIpc) is 2.20. The van der Waals surface area contributed by atoms with Crippen molar-refractivity contribution in [1.29, 1.82) is 0 Å². The van der Waals surface area contributed by atoms with Crippen molar-refractivity contribution in [3.8, 4) is 0 Å². The number of non-ortho nitro benzene ring substituents is 1. The third-order valence-electron chi connectivity index (χ3n) is 1.65. The number of hydrogen-bond donors (Lipinski definition) is 0. The van der Waals surface area contributed by atoms with E-state index in [0.29, 0.717) is 10.6 Å². The SMILES string of the molecule is CC(C)ON=Cc1cc([N+](=O)[O-])ccc1Cl. The fourth-order valence-corrected chi connectivity index (χ4v) is 1.12. The van der Waals surface area contributed by atoms with Gasteiger partial charge in [0.2, 0.25) is 0 Å². The van der Waals surface area contributed by atoms with Gasteiger partial charge < -0.3 is 4.84 Å². The van der Waals surface area contributed by atoms with Gasteiger partial charge in [-0.15, -0.1) is 0 Å². The lowest BCUT2D eigenvalue weighted by Crippen LogP contribution is -1.97. The van der Waals surface area contributed by atoms with E-state index in [2.05, 4.69) is 5.16 Å². The molecule has 0 saturated heterocycles. The second-order valence-corrected chi connectivity index (χ2v) is 3.76. The maximum atomic E-state index is 10.5. The molecule has 5 nitrogen and oxygen atoms in total. The van der Waals surface area contributed by atoms with Crippen LogP contribution >= 0.6 is 11.6 Å². The first-order chi connectivity index (χ1) is 7.50. The average molecular weight is 243 g/mol. The molecule has 0 amide bonds. The minimum atomic E-state index is -0.489. The molecule has 86 valence electrons. The molecule has 0 unspecified atom stereocenters. The van der Waals surface area contributed by atoms with Gasteiger partial charge in [0.1, 0.15) is 6.10 Å². The minimum absolute atomic E-state index is 0.0320. The number of rotatable bonds is 4. The number of hydrogen-bond acceptors (Lipinski definition) is 4. The van der Waals surface area contributed by atoms with Crippen molar-refractivity contribution < 1.29 is 9.76 Å². The summed E-state index contributed by atoms with van der Waals surface area (Å²) < 4.78 is 0. The van der Waals surface area contributed by atoms with E-state index in [1.54, 1.807) is 0 Å². The zero-order chi connectivity index (χ0) is 12.1. The van der Waals surface area contributed by atoms with Crippen LogP contribution in [0.25, 0.3) is 0 Å². The first-order valence-electron chi connectivity index (χ1n) is 4.64. The lowest BCUT2D eigenvalue weighted by Gasteiger charge is -2.01. The summed E-state index contributed by atoms with van der Waals surface area (Å²) in [6.07, 6.45) is 1.31. The molecule has 0 bridgehead atoms. The van der Waals surface area contributed by atoms with Crippen LogP contribution in [0.15, 0.2) is 23.4 Å². The quantitative estimate of drug-likeness (QED) is 0.463.